The fourth-order valence-corrected chi connectivity index (χ4v) is 4.59. The molecule has 1 aliphatic heterocycles. The highest BCUT2D eigenvalue weighted by Gasteiger charge is 2.44. The van der Waals surface area contributed by atoms with Crippen molar-refractivity contribution in [3.8, 4) is 0 Å². The van der Waals surface area contributed by atoms with Gasteiger partial charge in [0.2, 0.25) is 0 Å². The predicted octanol–water partition coefficient (Wildman–Crippen LogP) is 3.77. The Bertz CT molecular complexity index is 895. The molecule has 0 bridgehead atoms. The van der Waals surface area contributed by atoms with E-state index in [1.807, 2.05) is 16.7 Å². The highest BCUT2D eigenvalue weighted by molar-refractivity contribution is 6.34. The van der Waals surface area contributed by atoms with Crippen LogP contribution in [0, 0.1) is 0 Å². The summed E-state index contributed by atoms with van der Waals surface area (Å²) in [6.45, 7) is 1.03. The van der Waals surface area contributed by atoms with Gasteiger partial charge in [-0.1, -0.05) is 11.6 Å². The number of fused-ring (bicyclic) bond motifs is 1. The molecule has 1 amide bonds. The highest BCUT2D eigenvalue weighted by atomic mass is 35.5. The first kappa shape index (κ1) is 19.6. The van der Waals surface area contributed by atoms with Crippen LogP contribution in [0.1, 0.15) is 54.1 Å². The second kappa shape index (κ2) is 7.28. The van der Waals surface area contributed by atoms with Gasteiger partial charge in [0.05, 0.1) is 28.3 Å². The number of halogens is 3. The lowest BCUT2D eigenvalue weighted by molar-refractivity contribution is -0.121. The summed E-state index contributed by atoms with van der Waals surface area (Å²) >= 11 is 6.36. The standard InChI is InChI=1S/C20H23ClF2N2O3/c21-15-3-1-7-25-16(13-4-8-28-10-13)9-14(17(15)25)18(26)24-12-19(27)5-2-6-20(22,23)11-19/h1,3,7,9,13,27H,2,4-6,8,10-12H2,(H,24,26)/t13?,19-/m1/s1. The average molecular weight is 413 g/mol. The fourth-order valence-electron chi connectivity index (χ4n) is 4.32. The van der Waals surface area contributed by atoms with Crippen molar-refractivity contribution in [2.75, 3.05) is 19.8 Å². The van der Waals surface area contributed by atoms with E-state index in [1.54, 1.807) is 12.1 Å². The normalized spacial score (nSPS) is 27.2. The third-order valence-corrected chi connectivity index (χ3v) is 6.02. The van der Waals surface area contributed by atoms with Gasteiger partial charge in [0.25, 0.3) is 11.8 Å². The maximum atomic E-state index is 13.7. The smallest absolute Gasteiger partial charge is 0.253 e. The molecule has 0 radical (unpaired) electrons. The molecule has 1 saturated heterocycles. The Morgan fingerprint density at radius 2 is 2.25 bits per heavy atom. The van der Waals surface area contributed by atoms with E-state index in [4.69, 9.17) is 16.3 Å². The van der Waals surface area contributed by atoms with E-state index >= 15 is 0 Å². The molecule has 2 aliphatic rings. The lowest BCUT2D eigenvalue weighted by atomic mass is 9.82. The molecular formula is C20H23ClF2N2O3. The fraction of sp³-hybridized carbons (Fsp3) is 0.550. The molecule has 0 aromatic carbocycles. The first-order valence-corrected chi connectivity index (χ1v) is 9.91. The van der Waals surface area contributed by atoms with Gasteiger partial charge in [0, 0.05) is 43.8 Å². The number of amides is 1. The van der Waals surface area contributed by atoms with Crippen molar-refractivity contribution in [1.29, 1.82) is 0 Å². The summed E-state index contributed by atoms with van der Waals surface area (Å²) in [4.78, 5) is 12.9. The van der Waals surface area contributed by atoms with Crippen LogP contribution in [-0.4, -0.2) is 46.7 Å². The molecule has 152 valence electrons. The molecule has 2 atom stereocenters. The van der Waals surface area contributed by atoms with Crippen LogP contribution < -0.4 is 5.32 Å². The van der Waals surface area contributed by atoms with Crippen LogP contribution in [0.5, 0.6) is 0 Å². The predicted molar refractivity (Wildman–Crippen MR) is 101 cm³/mol. The van der Waals surface area contributed by atoms with Crippen LogP contribution in [0.25, 0.3) is 5.52 Å². The van der Waals surface area contributed by atoms with Crippen LogP contribution in [-0.2, 0) is 4.74 Å². The lowest BCUT2D eigenvalue weighted by Crippen LogP contribution is -2.49. The average Bonchev–Trinajstić information content (AvgIpc) is 3.26. The molecule has 2 fully saturated rings. The monoisotopic (exact) mass is 412 g/mol. The maximum Gasteiger partial charge on any atom is 0.253 e. The van der Waals surface area contributed by atoms with Gasteiger partial charge < -0.3 is 19.6 Å². The van der Waals surface area contributed by atoms with Crippen molar-refractivity contribution in [3.05, 3.63) is 40.7 Å². The first-order valence-electron chi connectivity index (χ1n) is 9.54. The van der Waals surface area contributed by atoms with Crippen molar-refractivity contribution in [2.24, 2.45) is 0 Å². The molecule has 8 heteroatoms. The largest absolute Gasteiger partial charge is 0.388 e. The molecule has 1 unspecified atom stereocenters. The van der Waals surface area contributed by atoms with E-state index in [0.717, 1.165) is 12.1 Å². The highest BCUT2D eigenvalue weighted by Crippen LogP contribution is 2.39. The van der Waals surface area contributed by atoms with Crippen molar-refractivity contribution in [3.63, 3.8) is 0 Å². The van der Waals surface area contributed by atoms with E-state index < -0.39 is 23.9 Å². The zero-order chi connectivity index (χ0) is 19.9. The van der Waals surface area contributed by atoms with Crippen LogP contribution in [0.3, 0.4) is 0 Å². The molecule has 1 saturated carbocycles. The van der Waals surface area contributed by atoms with Crippen LogP contribution in [0.2, 0.25) is 5.02 Å². The maximum absolute atomic E-state index is 13.7. The number of hydrogen-bond acceptors (Lipinski definition) is 3. The second-order valence-electron chi connectivity index (χ2n) is 7.91. The summed E-state index contributed by atoms with van der Waals surface area (Å²) in [7, 11) is 0. The quantitative estimate of drug-likeness (QED) is 0.803. The third kappa shape index (κ3) is 3.75. The summed E-state index contributed by atoms with van der Waals surface area (Å²) in [5.41, 5.74) is 0.282. The van der Waals surface area contributed by atoms with E-state index in [0.29, 0.717) is 29.3 Å². The van der Waals surface area contributed by atoms with Crippen LogP contribution in [0.4, 0.5) is 8.78 Å². The van der Waals surface area contributed by atoms with Gasteiger partial charge in [-0.25, -0.2) is 8.78 Å². The summed E-state index contributed by atoms with van der Waals surface area (Å²) in [6, 6.07) is 5.30. The molecule has 5 nitrogen and oxygen atoms in total. The SMILES string of the molecule is O=C(NC[C@@]1(O)CCCC(F)(F)C1)c1cc(C2CCOC2)n2cccc(Cl)c12. The van der Waals surface area contributed by atoms with Gasteiger partial charge in [-0.2, -0.15) is 0 Å². The molecule has 2 aromatic heterocycles. The zero-order valence-corrected chi connectivity index (χ0v) is 16.1. The minimum Gasteiger partial charge on any atom is -0.388 e. The second-order valence-corrected chi connectivity index (χ2v) is 8.32. The topological polar surface area (TPSA) is 63.0 Å². The summed E-state index contributed by atoms with van der Waals surface area (Å²) in [5, 5.41) is 13.6. The van der Waals surface area contributed by atoms with Gasteiger partial charge in [0.15, 0.2) is 0 Å². The molecule has 3 heterocycles. The number of carbonyl (C=O) groups is 1. The van der Waals surface area contributed by atoms with Gasteiger partial charge in [0.1, 0.15) is 0 Å². The minimum absolute atomic E-state index is 0.161. The molecule has 2 N–H and O–H groups in total. The molecule has 0 spiro atoms. The van der Waals surface area contributed by atoms with E-state index in [2.05, 4.69) is 5.32 Å². The Morgan fingerprint density at radius 3 is 2.96 bits per heavy atom. The van der Waals surface area contributed by atoms with Crippen LogP contribution >= 0.6 is 11.6 Å². The summed E-state index contributed by atoms with van der Waals surface area (Å²) < 4.78 is 34.7. The number of rotatable bonds is 4. The number of alkyl halides is 2. The lowest BCUT2D eigenvalue weighted by Gasteiger charge is -2.36. The Hall–Kier alpha value is -1.70. The molecule has 2 aromatic rings. The van der Waals surface area contributed by atoms with Gasteiger partial charge in [-0.15, -0.1) is 0 Å². The van der Waals surface area contributed by atoms with Crippen molar-refractivity contribution in [1.82, 2.24) is 9.72 Å². The Morgan fingerprint density at radius 1 is 1.43 bits per heavy atom. The van der Waals surface area contributed by atoms with E-state index in [9.17, 15) is 18.7 Å². The number of ether oxygens (including phenoxy) is 1. The number of hydrogen-bond donors (Lipinski definition) is 2. The Kier molecular flexibility index (Phi) is 5.10. The number of aliphatic hydroxyl groups is 1. The Balaban J connectivity index is 1.59. The van der Waals surface area contributed by atoms with E-state index in [1.165, 1.54) is 0 Å². The van der Waals surface area contributed by atoms with Gasteiger partial charge >= 0.3 is 0 Å². The van der Waals surface area contributed by atoms with Crippen molar-refractivity contribution >= 4 is 23.0 Å². The number of aromatic nitrogens is 1. The number of nitrogens with one attached hydrogen (secondary N) is 1. The number of nitrogens with zero attached hydrogens (tertiary/aromatic N) is 1. The van der Waals surface area contributed by atoms with Crippen molar-refractivity contribution < 1.29 is 23.4 Å². The summed E-state index contributed by atoms with van der Waals surface area (Å²) in [6.07, 6.45) is 2.31. The van der Waals surface area contributed by atoms with Crippen molar-refractivity contribution in [2.45, 2.75) is 49.5 Å². The number of pyridine rings is 1. The molecular weight excluding hydrogens is 390 g/mol. The van der Waals surface area contributed by atoms with E-state index in [-0.39, 0.29) is 31.7 Å². The molecule has 1 aliphatic carbocycles. The molecule has 28 heavy (non-hydrogen) atoms. The first-order chi connectivity index (χ1) is 13.3. The third-order valence-electron chi connectivity index (χ3n) is 5.71. The van der Waals surface area contributed by atoms with Crippen LogP contribution in [0.15, 0.2) is 24.4 Å². The Labute approximate surface area is 166 Å². The number of carbonyl (C=O) groups excluding carboxylic acids is 1. The minimum atomic E-state index is -2.90. The van der Waals surface area contributed by atoms with Gasteiger partial charge in [-0.05, 0) is 37.5 Å². The van der Waals surface area contributed by atoms with Gasteiger partial charge in [-0.3, -0.25) is 4.79 Å². The summed E-state index contributed by atoms with van der Waals surface area (Å²) in [5.74, 6) is -3.17. The zero-order valence-electron chi connectivity index (χ0n) is 15.4. The molecule has 4 rings (SSSR count).